The summed E-state index contributed by atoms with van der Waals surface area (Å²) >= 11 is 0. The van der Waals surface area contributed by atoms with Crippen LogP contribution >= 0.6 is 0 Å². The molecule has 0 unspecified atom stereocenters. The molecule has 0 aliphatic carbocycles. The average Bonchev–Trinajstić information content (AvgIpc) is 2.01. The molecule has 0 saturated carbocycles. The van der Waals surface area contributed by atoms with E-state index >= 15 is 0 Å². The molecule has 1 N–H and O–H groups in total. The first-order valence-electron chi connectivity index (χ1n) is 3.62. The topological polar surface area (TPSA) is 72.8 Å². The minimum Gasteiger partial charge on any atom is -0.479 e. The standard InChI is InChI=1S/C7H12O5.Y.Zr/c1-2-3-11-5-7(10)12-4-6(8)9;;/h2-5H2,1H3,(H,8,9);;. The Morgan fingerprint density at radius 2 is 1.86 bits per heavy atom. The zero-order valence-electron chi connectivity index (χ0n) is 7.99. The summed E-state index contributed by atoms with van der Waals surface area (Å²) in [6.07, 6.45) is 0.812. The molecular formula is C7H12O5YZr. The van der Waals surface area contributed by atoms with Gasteiger partial charge in [-0.15, -0.1) is 0 Å². The van der Waals surface area contributed by atoms with Crippen LogP contribution in [-0.2, 0) is 78.0 Å². The van der Waals surface area contributed by atoms with Crippen molar-refractivity contribution in [1.29, 1.82) is 0 Å². The summed E-state index contributed by atoms with van der Waals surface area (Å²) in [7, 11) is 0. The van der Waals surface area contributed by atoms with Gasteiger partial charge >= 0.3 is 11.9 Å². The summed E-state index contributed by atoms with van der Waals surface area (Å²) in [5.41, 5.74) is 0. The number of carboxylic acids is 1. The third-order valence-electron chi connectivity index (χ3n) is 0.925. The maximum Gasteiger partial charge on any atom is 0.341 e. The molecular weight excluding hydrogens is 344 g/mol. The molecule has 14 heavy (non-hydrogen) atoms. The van der Waals surface area contributed by atoms with E-state index in [9.17, 15) is 9.59 Å². The minimum atomic E-state index is -1.17. The van der Waals surface area contributed by atoms with Crippen molar-refractivity contribution < 1.29 is 83.1 Å². The van der Waals surface area contributed by atoms with Crippen LogP contribution in [0.5, 0.6) is 0 Å². The normalized spacial score (nSPS) is 8.07. The summed E-state index contributed by atoms with van der Waals surface area (Å²) in [6.45, 7) is 1.60. The van der Waals surface area contributed by atoms with Gasteiger partial charge in [0.05, 0.1) is 0 Å². The van der Waals surface area contributed by atoms with E-state index in [0.29, 0.717) is 6.61 Å². The molecule has 0 aliphatic rings. The van der Waals surface area contributed by atoms with Crippen molar-refractivity contribution in [2.24, 2.45) is 0 Å². The first-order chi connectivity index (χ1) is 5.66. The van der Waals surface area contributed by atoms with Crippen molar-refractivity contribution in [1.82, 2.24) is 0 Å². The van der Waals surface area contributed by atoms with Gasteiger partial charge in [-0.2, -0.15) is 0 Å². The maximum absolute atomic E-state index is 10.6. The number of carboxylic acid groups (broad SMARTS) is 1. The molecule has 0 saturated heterocycles. The Morgan fingerprint density at radius 3 is 2.29 bits per heavy atom. The number of carbonyl (C=O) groups excluding carboxylic acids is 1. The van der Waals surface area contributed by atoms with Crippen LogP contribution in [0.2, 0.25) is 0 Å². The molecule has 0 aliphatic heterocycles. The molecule has 0 spiro atoms. The van der Waals surface area contributed by atoms with Gasteiger partial charge in [0.1, 0.15) is 6.61 Å². The first kappa shape index (κ1) is 20.3. The largest absolute Gasteiger partial charge is 0.479 e. The molecule has 0 aromatic carbocycles. The van der Waals surface area contributed by atoms with E-state index in [4.69, 9.17) is 9.84 Å². The Balaban J connectivity index is -0.000000605. The molecule has 0 heterocycles. The Labute approximate surface area is 127 Å². The van der Waals surface area contributed by atoms with Crippen LogP contribution < -0.4 is 0 Å². The fourth-order valence-corrected chi connectivity index (χ4v) is 0.484. The Hall–Kier alpha value is 0.887. The molecule has 0 rings (SSSR count). The zero-order chi connectivity index (χ0) is 9.40. The van der Waals surface area contributed by atoms with Crippen LogP contribution in [-0.4, -0.2) is 36.9 Å². The fraction of sp³-hybridized carbons (Fsp3) is 0.714. The molecule has 7 heteroatoms. The number of aliphatic carboxylic acids is 1. The van der Waals surface area contributed by atoms with Crippen LogP contribution in [0, 0.1) is 0 Å². The van der Waals surface area contributed by atoms with E-state index in [1.165, 1.54) is 0 Å². The maximum atomic E-state index is 10.6. The van der Waals surface area contributed by atoms with E-state index in [1.54, 1.807) is 0 Å². The van der Waals surface area contributed by atoms with Gasteiger partial charge in [0.25, 0.3) is 0 Å². The second-order valence-corrected chi connectivity index (χ2v) is 2.11. The fourth-order valence-electron chi connectivity index (χ4n) is 0.484. The predicted molar refractivity (Wildman–Crippen MR) is 39.7 cm³/mol. The van der Waals surface area contributed by atoms with Gasteiger partial charge in [-0.25, -0.2) is 9.59 Å². The van der Waals surface area contributed by atoms with Crippen molar-refractivity contribution in [3.63, 3.8) is 0 Å². The summed E-state index contributed by atoms with van der Waals surface area (Å²) in [4.78, 5) is 20.5. The molecule has 1 radical (unpaired) electrons. The SMILES string of the molecule is CCCOCC(=O)OCC(=O)O.[Y].[Zr]. The van der Waals surface area contributed by atoms with Crippen LogP contribution in [0.15, 0.2) is 0 Å². The second-order valence-electron chi connectivity index (χ2n) is 2.11. The molecule has 0 fully saturated rings. The van der Waals surface area contributed by atoms with Gasteiger partial charge in [0.2, 0.25) is 0 Å². The first-order valence-corrected chi connectivity index (χ1v) is 3.62. The van der Waals surface area contributed by atoms with Crippen molar-refractivity contribution >= 4 is 11.9 Å². The van der Waals surface area contributed by atoms with Gasteiger partial charge in [0.15, 0.2) is 6.61 Å². The average molecular weight is 356 g/mol. The Kier molecular flexibility index (Phi) is 20.2. The van der Waals surface area contributed by atoms with Gasteiger partial charge in [-0.3, -0.25) is 0 Å². The molecule has 0 aromatic heterocycles. The van der Waals surface area contributed by atoms with E-state index in [-0.39, 0.29) is 65.5 Å². The van der Waals surface area contributed by atoms with E-state index in [2.05, 4.69) is 4.74 Å². The van der Waals surface area contributed by atoms with Crippen molar-refractivity contribution in [3.05, 3.63) is 0 Å². The monoisotopic (exact) mass is 355 g/mol. The quantitative estimate of drug-likeness (QED) is 0.537. The van der Waals surface area contributed by atoms with Crippen molar-refractivity contribution in [2.45, 2.75) is 13.3 Å². The van der Waals surface area contributed by atoms with Gasteiger partial charge in [-0.1, -0.05) is 6.92 Å². The molecule has 0 amide bonds. The summed E-state index contributed by atoms with van der Waals surface area (Å²) in [5.74, 6) is -1.82. The van der Waals surface area contributed by atoms with E-state index < -0.39 is 18.5 Å². The number of ether oxygens (including phenoxy) is 2. The second kappa shape index (κ2) is 13.9. The van der Waals surface area contributed by atoms with Crippen molar-refractivity contribution in [3.8, 4) is 0 Å². The van der Waals surface area contributed by atoms with Gasteiger partial charge in [0, 0.05) is 65.5 Å². The third kappa shape index (κ3) is 15.4. The van der Waals surface area contributed by atoms with Gasteiger partial charge < -0.3 is 14.6 Å². The summed E-state index contributed by atoms with van der Waals surface area (Å²) in [6, 6.07) is 0. The van der Waals surface area contributed by atoms with E-state index in [0.717, 1.165) is 6.42 Å². The number of rotatable bonds is 6. The summed E-state index contributed by atoms with van der Waals surface area (Å²) < 4.78 is 9.10. The Bertz CT molecular complexity index is 164. The molecule has 0 atom stereocenters. The number of hydrogen-bond donors (Lipinski definition) is 1. The van der Waals surface area contributed by atoms with Crippen LogP contribution in [0.25, 0.3) is 0 Å². The van der Waals surface area contributed by atoms with Crippen LogP contribution in [0.1, 0.15) is 13.3 Å². The Morgan fingerprint density at radius 1 is 1.29 bits per heavy atom. The number of hydrogen-bond acceptors (Lipinski definition) is 4. The molecule has 5 nitrogen and oxygen atoms in total. The molecule has 0 bridgehead atoms. The van der Waals surface area contributed by atoms with Gasteiger partial charge in [-0.05, 0) is 6.42 Å². The predicted octanol–water partition coefficient (Wildman–Crippen LogP) is 0.0358. The van der Waals surface area contributed by atoms with Crippen LogP contribution in [0.4, 0.5) is 0 Å². The van der Waals surface area contributed by atoms with Crippen molar-refractivity contribution in [2.75, 3.05) is 19.8 Å². The molecule has 0 aromatic rings. The third-order valence-corrected chi connectivity index (χ3v) is 0.925. The van der Waals surface area contributed by atoms with E-state index in [1.807, 2.05) is 6.92 Å². The smallest absolute Gasteiger partial charge is 0.341 e. The molecule has 77 valence electrons. The minimum absolute atomic E-state index is 0. The summed E-state index contributed by atoms with van der Waals surface area (Å²) in [5, 5.41) is 8.12. The zero-order valence-corrected chi connectivity index (χ0v) is 13.3. The number of esters is 1. The van der Waals surface area contributed by atoms with Crippen LogP contribution in [0.3, 0.4) is 0 Å². The number of carbonyl (C=O) groups is 2.